The second-order valence-electron chi connectivity index (χ2n) is 2.85. The first-order valence-corrected chi connectivity index (χ1v) is 4.25. The van der Waals surface area contributed by atoms with Gasteiger partial charge in [-0.25, -0.2) is 0 Å². The number of hydrogen-bond donors (Lipinski definition) is 0. The summed E-state index contributed by atoms with van der Waals surface area (Å²) < 4.78 is 4.78. The fraction of sp³-hybridized carbons (Fsp3) is 0.400. The lowest BCUT2D eigenvalue weighted by Gasteiger charge is -2.02. The molecule has 3 heteroatoms. The number of ketones is 1. The van der Waals surface area contributed by atoms with Crippen molar-refractivity contribution in [2.75, 3.05) is 0 Å². The average molecular weight is 177 g/mol. The number of nitriles is 1. The third-order valence-corrected chi connectivity index (χ3v) is 1.86. The minimum Gasteiger partial charge on any atom is -0.472 e. The van der Waals surface area contributed by atoms with Gasteiger partial charge in [0.25, 0.3) is 0 Å². The lowest BCUT2D eigenvalue weighted by molar-refractivity contribution is 0.0943. The Morgan fingerprint density at radius 1 is 1.77 bits per heavy atom. The van der Waals surface area contributed by atoms with E-state index in [1.165, 1.54) is 12.5 Å². The lowest BCUT2D eigenvalue weighted by Crippen LogP contribution is -2.11. The molecule has 1 aromatic rings. The molecule has 68 valence electrons. The van der Waals surface area contributed by atoms with Crippen molar-refractivity contribution in [2.24, 2.45) is 5.92 Å². The first kappa shape index (κ1) is 9.53. The standard InChI is InChI=1S/C10H11NO2/c1-2-3-8(6-11)10(12)9-4-5-13-7-9/h4-5,7-8H,2-3H2,1H3. The van der Waals surface area contributed by atoms with Crippen molar-refractivity contribution < 1.29 is 9.21 Å². The van der Waals surface area contributed by atoms with Gasteiger partial charge in [-0.05, 0) is 12.5 Å². The molecular formula is C10H11NO2. The lowest BCUT2D eigenvalue weighted by atomic mass is 9.97. The number of rotatable bonds is 4. The summed E-state index contributed by atoms with van der Waals surface area (Å²) in [6, 6.07) is 3.59. The summed E-state index contributed by atoms with van der Waals surface area (Å²) in [7, 11) is 0. The second kappa shape index (κ2) is 4.46. The molecule has 1 unspecified atom stereocenters. The van der Waals surface area contributed by atoms with E-state index >= 15 is 0 Å². The van der Waals surface area contributed by atoms with Gasteiger partial charge in [0.1, 0.15) is 12.2 Å². The topological polar surface area (TPSA) is 54.0 Å². The smallest absolute Gasteiger partial charge is 0.183 e. The van der Waals surface area contributed by atoms with Crippen molar-refractivity contribution in [3.8, 4) is 6.07 Å². The van der Waals surface area contributed by atoms with E-state index in [0.29, 0.717) is 12.0 Å². The molecule has 0 N–H and O–H groups in total. The molecule has 0 fully saturated rings. The van der Waals surface area contributed by atoms with Crippen molar-refractivity contribution in [3.63, 3.8) is 0 Å². The predicted octanol–water partition coefficient (Wildman–Crippen LogP) is 2.40. The van der Waals surface area contributed by atoms with E-state index in [1.807, 2.05) is 13.0 Å². The van der Waals surface area contributed by atoms with E-state index < -0.39 is 5.92 Å². The van der Waals surface area contributed by atoms with Crippen molar-refractivity contribution in [2.45, 2.75) is 19.8 Å². The molecule has 0 bridgehead atoms. The van der Waals surface area contributed by atoms with Gasteiger partial charge in [0, 0.05) is 0 Å². The van der Waals surface area contributed by atoms with Crippen LogP contribution in [-0.2, 0) is 0 Å². The van der Waals surface area contributed by atoms with Crippen LogP contribution < -0.4 is 0 Å². The molecule has 0 saturated carbocycles. The van der Waals surface area contributed by atoms with E-state index in [1.54, 1.807) is 6.07 Å². The van der Waals surface area contributed by atoms with E-state index in [2.05, 4.69) is 0 Å². The average Bonchev–Trinajstić information content (AvgIpc) is 2.65. The molecule has 0 amide bonds. The molecule has 3 nitrogen and oxygen atoms in total. The van der Waals surface area contributed by atoms with Gasteiger partial charge >= 0.3 is 0 Å². The van der Waals surface area contributed by atoms with Crippen LogP contribution in [0.15, 0.2) is 23.0 Å². The van der Waals surface area contributed by atoms with Crippen LogP contribution in [0.4, 0.5) is 0 Å². The van der Waals surface area contributed by atoms with Crippen LogP contribution in [0.25, 0.3) is 0 Å². The van der Waals surface area contributed by atoms with E-state index in [0.717, 1.165) is 6.42 Å². The van der Waals surface area contributed by atoms with Crippen LogP contribution in [0.3, 0.4) is 0 Å². The summed E-state index contributed by atoms with van der Waals surface area (Å²) in [4.78, 5) is 11.5. The summed E-state index contributed by atoms with van der Waals surface area (Å²) in [5.41, 5.74) is 0.486. The van der Waals surface area contributed by atoms with Crippen LogP contribution in [0.2, 0.25) is 0 Å². The molecule has 0 aliphatic heterocycles. The van der Waals surface area contributed by atoms with E-state index in [-0.39, 0.29) is 5.78 Å². The van der Waals surface area contributed by atoms with Crippen LogP contribution in [0.5, 0.6) is 0 Å². The number of nitrogens with zero attached hydrogens (tertiary/aromatic N) is 1. The Morgan fingerprint density at radius 3 is 3.00 bits per heavy atom. The number of carbonyl (C=O) groups is 1. The van der Waals surface area contributed by atoms with Crippen molar-refractivity contribution in [1.29, 1.82) is 5.26 Å². The Labute approximate surface area is 77.0 Å². The molecule has 0 spiro atoms. The molecule has 1 atom stereocenters. The van der Waals surface area contributed by atoms with Gasteiger partial charge in [0.2, 0.25) is 0 Å². The predicted molar refractivity (Wildman–Crippen MR) is 47.0 cm³/mol. The molecular weight excluding hydrogens is 166 g/mol. The first-order chi connectivity index (χ1) is 6.29. The van der Waals surface area contributed by atoms with Gasteiger partial charge in [-0.15, -0.1) is 0 Å². The normalized spacial score (nSPS) is 12.0. The van der Waals surface area contributed by atoms with Crippen LogP contribution in [0, 0.1) is 17.2 Å². The summed E-state index contributed by atoms with van der Waals surface area (Å²) in [5.74, 6) is -0.666. The highest BCUT2D eigenvalue weighted by molar-refractivity contribution is 5.98. The summed E-state index contributed by atoms with van der Waals surface area (Å²) >= 11 is 0. The van der Waals surface area contributed by atoms with Gasteiger partial charge in [-0.2, -0.15) is 5.26 Å². The molecule has 0 aromatic carbocycles. The van der Waals surface area contributed by atoms with Crippen molar-refractivity contribution in [1.82, 2.24) is 0 Å². The van der Waals surface area contributed by atoms with Gasteiger partial charge in [0.05, 0.1) is 17.9 Å². The summed E-state index contributed by atoms with van der Waals surface area (Å²) in [6.07, 6.45) is 4.26. The molecule has 0 aliphatic rings. The van der Waals surface area contributed by atoms with Crippen molar-refractivity contribution in [3.05, 3.63) is 24.2 Å². The van der Waals surface area contributed by atoms with E-state index in [4.69, 9.17) is 9.68 Å². The largest absolute Gasteiger partial charge is 0.472 e. The van der Waals surface area contributed by atoms with Crippen LogP contribution in [-0.4, -0.2) is 5.78 Å². The Hall–Kier alpha value is -1.56. The third kappa shape index (κ3) is 2.19. The Bertz CT molecular complexity index is 308. The molecule has 1 rings (SSSR count). The quantitative estimate of drug-likeness (QED) is 0.663. The van der Waals surface area contributed by atoms with Crippen LogP contribution >= 0.6 is 0 Å². The highest BCUT2D eigenvalue weighted by Crippen LogP contribution is 2.13. The Kier molecular flexibility index (Phi) is 3.27. The zero-order chi connectivity index (χ0) is 9.68. The Morgan fingerprint density at radius 2 is 2.54 bits per heavy atom. The van der Waals surface area contributed by atoms with Gasteiger partial charge in [-0.3, -0.25) is 4.79 Å². The number of hydrogen-bond acceptors (Lipinski definition) is 3. The molecule has 13 heavy (non-hydrogen) atoms. The number of furan rings is 1. The zero-order valence-corrected chi connectivity index (χ0v) is 7.49. The highest BCUT2D eigenvalue weighted by atomic mass is 16.3. The third-order valence-electron chi connectivity index (χ3n) is 1.86. The fourth-order valence-corrected chi connectivity index (χ4v) is 1.15. The molecule has 0 saturated heterocycles. The SMILES string of the molecule is CCCC(C#N)C(=O)c1ccoc1. The fourth-order valence-electron chi connectivity index (χ4n) is 1.15. The maximum absolute atomic E-state index is 11.5. The summed E-state index contributed by atoms with van der Waals surface area (Å²) in [6.45, 7) is 1.95. The first-order valence-electron chi connectivity index (χ1n) is 4.25. The van der Waals surface area contributed by atoms with Crippen LogP contribution in [0.1, 0.15) is 30.1 Å². The number of Topliss-reactive ketones (excluding diaryl/α,β-unsaturated/α-hetero) is 1. The zero-order valence-electron chi connectivity index (χ0n) is 7.49. The molecule has 1 heterocycles. The monoisotopic (exact) mass is 177 g/mol. The molecule has 0 radical (unpaired) electrons. The minimum absolute atomic E-state index is 0.141. The van der Waals surface area contributed by atoms with Gasteiger partial charge in [-0.1, -0.05) is 13.3 Å². The second-order valence-corrected chi connectivity index (χ2v) is 2.85. The molecule has 1 aromatic heterocycles. The molecule has 0 aliphatic carbocycles. The number of carbonyl (C=O) groups excluding carboxylic acids is 1. The highest BCUT2D eigenvalue weighted by Gasteiger charge is 2.19. The van der Waals surface area contributed by atoms with Gasteiger partial charge < -0.3 is 4.42 Å². The summed E-state index contributed by atoms with van der Waals surface area (Å²) in [5, 5.41) is 8.72. The minimum atomic E-state index is -0.525. The maximum Gasteiger partial charge on any atom is 0.183 e. The maximum atomic E-state index is 11.5. The van der Waals surface area contributed by atoms with Gasteiger partial charge in [0.15, 0.2) is 5.78 Å². The Balaban J connectivity index is 2.72. The van der Waals surface area contributed by atoms with Crippen molar-refractivity contribution >= 4 is 5.78 Å². The van der Waals surface area contributed by atoms with E-state index in [9.17, 15) is 4.79 Å².